The predicted octanol–water partition coefficient (Wildman–Crippen LogP) is 3.45. The molecule has 2 aliphatic carbocycles. The quantitative estimate of drug-likeness (QED) is 0.469. The Bertz CT molecular complexity index is 680. The van der Waals surface area contributed by atoms with Crippen molar-refractivity contribution in [2.75, 3.05) is 19.8 Å². The molecule has 0 aliphatic heterocycles. The summed E-state index contributed by atoms with van der Waals surface area (Å²) in [7, 11) is 0. The van der Waals surface area contributed by atoms with Crippen LogP contribution in [0, 0.1) is 11.8 Å². The number of hydrogen-bond acceptors (Lipinski definition) is 6. The molecule has 0 aromatic heterocycles. The standard InChI is InChI=1S/C23H32O6/c1-16(27-13-18-7-8-18)22(24)26-12-11-20-5-3-4-6-21(20)15-29-23(25)17(2)28-14-19-9-10-19/h3-6,16-19H,7-15H2,1-2H3/t16-,17-/m1/s1. The summed E-state index contributed by atoms with van der Waals surface area (Å²) in [4.78, 5) is 24.1. The van der Waals surface area contributed by atoms with E-state index in [-0.39, 0.29) is 25.2 Å². The Morgan fingerprint density at radius 2 is 1.38 bits per heavy atom. The lowest BCUT2D eigenvalue weighted by Gasteiger charge is -2.15. The molecule has 3 rings (SSSR count). The van der Waals surface area contributed by atoms with Gasteiger partial charge in [0.15, 0.2) is 12.2 Å². The third-order valence-corrected chi connectivity index (χ3v) is 5.33. The van der Waals surface area contributed by atoms with Gasteiger partial charge in [0.2, 0.25) is 0 Å². The van der Waals surface area contributed by atoms with Crippen LogP contribution in [-0.2, 0) is 41.6 Å². The lowest BCUT2D eigenvalue weighted by atomic mass is 10.1. The molecular weight excluding hydrogens is 372 g/mol. The Morgan fingerprint density at radius 1 is 0.862 bits per heavy atom. The highest BCUT2D eigenvalue weighted by Crippen LogP contribution is 2.29. The number of carbonyl (C=O) groups excluding carboxylic acids is 2. The van der Waals surface area contributed by atoms with E-state index in [4.69, 9.17) is 18.9 Å². The van der Waals surface area contributed by atoms with Crippen LogP contribution in [0.4, 0.5) is 0 Å². The van der Waals surface area contributed by atoms with Gasteiger partial charge in [0, 0.05) is 6.42 Å². The molecule has 0 bridgehead atoms. The summed E-state index contributed by atoms with van der Waals surface area (Å²) in [5.74, 6) is 0.530. The molecule has 2 fully saturated rings. The first kappa shape index (κ1) is 21.8. The molecule has 0 heterocycles. The Labute approximate surface area is 172 Å². The zero-order valence-electron chi connectivity index (χ0n) is 17.4. The maximum Gasteiger partial charge on any atom is 0.335 e. The summed E-state index contributed by atoms with van der Waals surface area (Å²) in [6, 6.07) is 7.70. The molecule has 2 saturated carbocycles. The number of benzene rings is 1. The van der Waals surface area contributed by atoms with Gasteiger partial charge in [-0.3, -0.25) is 0 Å². The highest BCUT2D eigenvalue weighted by Gasteiger charge is 2.25. The fourth-order valence-electron chi connectivity index (χ4n) is 2.85. The molecule has 0 spiro atoms. The maximum atomic E-state index is 12.1. The Morgan fingerprint density at radius 3 is 1.93 bits per heavy atom. The first-order valence-corrected chi connectivity index (χ1v) is 10.7. The van der Waals surface area contributed by atoms with E-state index in [1.807, 2.05) is 24.3 Å². The van der Waals surface area contributed by atoms with Crippen LogP contribution in [-0.4, -0.2) is 44.0 Å². The molecule has 2 aliphatic rings. The van der Waals surface area contributed by atoms with Crippen molar-refractivity contribution in [3.05, 3.63) is 35.4 Å². The summed E-state index contributed by atoms with van der Waals surface area (Å²) >= 11 is 0. The fourth-order valence-corrected chi connectivity index (χ4v) is 2.85. The average molecular weight is 405 g/mol. The van der Waals surface area contributed by atoms with Gasteiger partial charge in [-0.15, -0.1) is 0 Å². The minimum atomic E-state index is -0.555. The van der Waals surface area contributed by atoms with Crippen molar-refractivity contribution in [3.63, 3.8) is 0 Å². The van der Waals surface area contributed by atoms with Crippen molar-refractivity contribution in [1.82, 2.24) is 0 Å². The van der Waals surface area contributed by atoms with E-state index in [9.17, 15) is 9.59 Å². The Balaban J connectivity index is 1.38. The van der Waals surface area contributed by atoms with Gasteiger partial charge in [-0.2, -0.15) is 0 Å². The minimum absolute atomic E-state index is 0.182. The van der Waals surface area contributed by atoms with Gasteiger partial charge in [-0.1, -0.05) is 24.3 Å². The van der Waals surface area contributed by atoms with Gasteiger partial charge >= 0.3 is 11.9 Å². The van der Waals surface area contributed by atoms with Gasteiger partial charge in [0.25, 0.3) is 0 Å². The molecule has 0 radical (unpaired) electrons. The fraction of sp³-hybridized carbons (Fsp3) is 0.652. The monoisotopic (exact) mass is 404 g/mol. The molecule has 0 amide bonds. The third kappa shape index (κ3) is 7.78. The van der Waals surface area contributed by atoms with Crippen LogP contribution in [0.2, 0.25) is 0 Å². The van der Waals surface area contributed by atoms with Crippen molar-refractivity contribution in [2.24, 2.45) is 11.8 Å². The molecule has 6 nitrogen and oxygen atoms in total. The topological polar surface area (TPSA) is 71.1 Å². The van der Waals surface area contributed by atoms with E-state index < -0.39 is 12.2 Å². The summed E-state index contributed by atoms with van der Waals surface area (Å²) in [5, 5.41) is 0. The predicted molar refractivity (Wildman–Crippen MR) is 107 cm³/mol. The van der Waals surface area contributed by atoms with E-state index >= 15 is 0 Å². The number of hydrogen-bond donors (Lipinski definition) is 0. The van der Waals surface area contributed by atoms with Crippen LogP contribution in [0.15, 0.2) is 24.3 Å². The second-order valence-corrected chi connectivity index (χ2v) is 8.13. The molecule has 6 heteroatoms. The highest BCUT2D eigenvalue weighted by atomic mass is 16.6. The number of esters is 2. The molecule has 0 N–H and O–H groups in total. The maximum absolute atomic E-state index is 12.1. The van der Waals surface area contributed by atoms with E-state index in [0.717, 1.165) is 11.1 Å². The number of rotatable bonds is 13. The Kier molecular flexibility index (Phi) is 8.07. The second-order valence-electron chi connectivity index (χ2n) is 8.13. The highest BCUT2D eigenvalue weighted by molar-refractivity contribution is 5.74. The summed E-state index contributed by atoms with van der Waals surface area (Å²) in [6.45, 7) is 5.16. The largest absolute Gasteiger partial charge is 0.463 e. The van der Waals surface area contributed by atoms with Crippen LogP contribution < -0.4 is 0 Å². The van der Waals surface area contributed by atoms with E-state index in [2.05, 4.69) is 0 Å². The van der Waals surface area contributed by atoms with Gasteiger partial charge in [0.05, 0.1) is 19.8 Å². The van der Waals surface area contributed by atoms with Crippen molar-refractivity contribution in [3.8, 4) is 0 Å². The lowest BCUT2D eigenvalue weighted by Crippen LogP contribution is -2.25. The summed E-state index contributed by atoms with van der Waals surface area (Å²) in [5.41, 5.74) is 1.90. The summed E-state index contributed by atoms with van der Waals surface area (Å²) < 4.78 is 21.9. The average Bonchev–Trinajstić information content (AvgIpc) is 3.63. The normalized spacial score (nSPS) is 18.1. The lowest BCUT2D eigenvalue weighted by molar-refractivity contribution is -0.157. The van der Waals surface area contributed by atoms with Crippen molar-refractivity contribution >= 4 is 11.9 Å². The van der Waals surface area contributed by atoms with Crippen LogP contribution >= 0.6 is 0 Å². The second kappa shape index (κ2) is 10.7. The van der Waals surface area contributed by atoms with Crippen LogP contribution in [0.1, 0.15) is 50.7 Å². The van der Waals surface area contributed by atoms with Gasteiger partial charge < -0.3 is 18.9 Å². The molecule has 160 valence electrons. The molecule has 1 aromatic carbocycles. The first-order chi connectivity index (χ1) is 14.0. The smallest absolute Gasteiger partial charge is 0.335 e. The van der Waals surface area contributed by atoms with E-state index in [1.54, 1.807) is 13.8 Å². The molecule has 2 atom stereocenters. The van der Waals surface area contributed by atoms with Crippen molar-refractivity contribution < 1.29 is 28.5 Å². The van der Waals surface area contributed by atoms with Crippen molar-refractivity contribution in [2.45, 2.75) is 64.8 Å². The van der Waals surface area contributed by atoms with E-state index in [1.165, 1.54) is 25.7 Å². The third-order valence-electron chi connectivity index (χ3n) is 5.33. The van der Waals surface area contributed by atoms with Crippen LogP contribution in [0.5, 0.6) is 0 Å². The Hall–Kier alpha value is -1.92. The molecule has 29 heavy (non-hydrogen) atoms. The van der Waals surface area contributed by atoms with Gasteiger partial charge in [-0.25, -0.2) is 9.59 Å². The first-order valence-electron chi connectivity index (χ1n) is 10.7. The molecular formula is C23H32O6. The molecule has 0 saturated heterocycles. The minimum Gasteiger partial charge on any atom is -0.463 e. The molecule has 1 aromatic rings. The van der Waals surface area contributed by atoms with Gasteiger partial charge in [-0.05, 0) is 62.5 Å². The van der Waals surface area contributed by atoms with E-state index in [0.29, 0.717) is 31.5 Å². The zero-order valence-corrected chi connectivity index (χ0v) is 17.4. The SMILES string of the molecule is C[C@@H](OCC1CC1)C(=O)OCCc1ccccc1COC(=O)[C@@H](C)OCC1CC1. The van der Waals surface area contributed by atoms with Crippen molar-refractivity contribution in [1.29, 1.82) is 0 Å². The van der Waals surface area contributed by atoms with Gasteiger partial charge in [0.1, 0.15) is 6.61 Å². The molecule has 0 unspecified atom stereocenters. The number of ether oxygens (including phenoxy) is 4. The van der Waals surface area contributed by atoms with Crippen LogP contribution in [0.25, 0.3) is 0 Å². The number of carbonyl (C=O) groups is 2. The van der Waals surface area contributed by atoms with Crippen LogP contribution in [0.3, 0.4) is 0 Å². The summed E-state index contributed by atoms with van der Waals surface area (Å²) in [6.07, 6.45) is 4.21. The zero-order chi connectivity index (χ0) is 20.6.